The highest BCUT2D eigenvalue weighted by Crippen LogP contribution is 2.20. The molecule has 0 saturated carbocycles. The molecule has 0 spiro atoms. The van der Waals surface area contributed by atoms with Crippen LogP contribution >= 0.6 is 11.6 Å². The second-order valence-electron chi connectivity index (χ2n) is 3.97. The highest BCUT2D eigenvalue weighted by molar-refractivity contribution is 6.33. The minimum absolute atomic E-state index is 0.0179. The molecule has 4 heteroatoms. The molecule has 0 bridgehead atoms. The molecule has 0 saturated heterocycles. The van der Waals surface area contributed by atoms with Crippen molar-refractivity contribution >= 4 is 23.2 Å². The molecule has 0 unspecified atom stereocenters. The first-order valence-corrected chi connectivity index (χ1v) is 6.32. The molecule has 1 aromatic rings. The first-order chi connectivity index (χ1) is 8.10. The lowest BCUT2D eigenvalue weighted by atomic mass is 10.1. The number of hydrogen-bond donors (Lipinski definition) is 1. The lowest BCUT2D eigenvalue weighted by Crippen LogP contribution is -2.31. The summed E-state index contributed by atoms with van der Waals surface area (Å²) in [4.78, 5) is 14.0. The number of hydrogen-bond acceptors (Lipinski definition) is 2. The van der Waals surface area contributed by atoms with Crippen molar-refractivity contribution in [3.63, 3.8) is 0 Å². The minimum Gasteiger partial charge on any atom is -0.398 e. The summed E-state index contributed by atoms with van der Waals surface area (Å²) in [5.41, 5.74) is 6.75. The number of carbonyl (C=O) groups excluding carboxylic acids is 1. The summed E-state index contributed by atoms with van der Waals surface area (Å²) in [6.07, 6.45) is 2.09. The molecular formula is C13H19ClN2O. The van der Waals surface area contributed by atoms with Crippen molar-refractivity contribution in [2.24, 2.45) is 0 Å². The van der Waals surface area contributed by atoms with Crippen LogP contribution in [0.5, 0.6) is 0 Å². The summed E-state index contributed by atoms with van der Waals surface area (Å²) in [7, 11) is 0. The van der Waals surface area contributed by atoms with Crippen LogP contribution in [0.4, 0.5) is 5.69 Å². The van der Waals surface area contributed by atoms with Crippen LogP contribution in [0.2, 0.25) is 5.02 Å². The molecule has 1 rings (SSSR count). The van der Waals surface area contributed by atoms with Crippen molar-refractivity contribution in [3.05, 3.63) is 28.8 Å². The van der Waals surface area contributed by atoms with Crippen LogP contribution < -0.4 is 5.73 Å². The van der Waals surface area contributed by atoms with E-state index in [0.29, 0.717) is 22.8 Å². The average Bonchev–Trinajstić information content (AvgIpc) is 2.33. The lowest BCUT2D eigenvalue weighted by Gasteiger charge is -2.20. The molecule has 0 aliphatic heterocycles. The summed E-state index contributed by atoms with van der Waals surface area (Å²) >= 11 is 5.83. The number of carbonyl (C=O) groups is 1. The Morgan fingerprint density at radius 2 is 2.12 bits per heavy atom. The van der Waals surface area contributed by atoms with E-state index in [1.54, 1.807) is 18.2 Å². The van der Waals surface area contributed by atoms with Crippen molar-refractivity contribution in [2.45, 2.75) is 26.7 Å². The molecule has 1 aromatic carbocycles. The van der Waals surface area contributed by atoms with Gasteiger partial charge in [0.25, 0.3) is 5.91 Å². The van der Waals surface area contributed by atoms with Gasteiger partial charge in [-0.05, 0) is 31.5 Å². The van der Waals surface area contributed by atoms with E-state index in [0.717, 1.165) is 19.4 Å². The zero-order valence-electron chi connectivity index (χ0n) is 10.4. The fraction of sp³-hybridized carbons (Fsp3) is 0.462. The van der Waals surface area contributed by atoms with E-state index >= 15 is 0 Å². The standard InChI is InChI=1S/C13H19ClN2O/c1-3-5-8-16(4-2)13(17)10-6-7-11(14)12(15)9-10/h6-7,9H,3-5,8,15H2,1-2H3. The topological polar surface area (TPSA) is 46.3 Å². The molecule has 0 heterocycles. The van der Waals surface area contributed by atoms with E-state index in [4.69, 9.17) is 17.3 Å². The zero-order chi connectivity index (χ0) is 12.8. The smallest absolute Gasteiger partial charge is 0.253 e. The van der Waals surface area contributed by atoms with Crippen LogP contribution in [-0.4, -0.2) is 23.9 Å². The monoisotopic (exact) mass is 254 g/mol. The third-order valence-electron chi connectivity index (χ3n) is 2.69. The highest BCUT2D eigenvalue weighted by Gasteiger charge is 2.14. The maximum Gasteiger partial charge on any atom is 0.253 e. The van der Waals surface area contributed by atoms with Gasteiger partial charge in [0, 0.05) is 18.7 Å². The van der Waals surface area contributed by atoms with Gasteiger partial charge >= 0.3 is 0 Å². The van der Waals surface area contributed by atoms with Gasteiger partial charge in [-0.2, -0.15) is 0 Å². The molecule has 0 radical (unpaired) electrons. The van der Waals surface area contributed by atoms with E-state index < -0.39 is 0 Å². The molecule has 2 N–H and O–H groups in total. The lowest BCUT2D eigenvalue weighted by molar-refractivity contribution is 0.0762. The molecule has 0 aliphatic carbocycles. The molecular weight excluding hydrogens is 236 g/mol. The quantitative estimate of drug-likeness (QED) is 0.821. The fourth-order valence-electron chi connectivity index (χ4n) is 1.61. The maximum atomic E-state index is 12.2. The number of halogens is 1. The second-order valence-corrected chi connectivity index (χ2v) is 4.38. The summed E-state index contributed by atoms with van der Waals surface area (Å²) in [6, 6.07) is 5.02. The van der Waals surface area contributed by atoms with E-state index in [1.807, 2.05) is 11.8 Å². The number of rotatable bonds is 5. The number of nitrogens with zero attached hydrogens (tertiary/aromatic N) is 1. The number of unbranched alkanes of at least 4 members (excludes halogenated alkanes) is 1. The van der Waals surface area contributed by atoms with Gasteiger partial charge in [-0.15, -0.1) is 0 Å². The Balaban J connectivity index is 2.82. The Bertz CT molecular complexity index is 393. The first kappa shape index (κ1) is 13.8. The van der Waals surface area contributed by atoms with Crippen molar-refractivity contribution in [3.8, 4) is 0 Å². The third-order valence-corrected chi connectivity index (χ3v) is 3.04. The SMILES string of the molecule is CCCCN(CC)C(=O)c1ccc(Cl)c(N)c1. The Morgan fingerprint density at radius 1 is 1.41 bits per heavy atom. The van der Waals surface area contributed by atoms with Gasteiger partial charge in [-0.25, -0.2) is 0 Å². The average molecular weight is 255 g/mol. The van der Waals surface area contributed by atoms with Gasteiger partial charge in [0.1, 0.15) is 0 Å². The summed E-state index contributed by atoms with van der Waals surface area (Å²) in [5, 5.41) is 0.484. The van der Waals surface area contributed by atoms with Gasteiger partial charge in [-0.1, -0.05) is 24.9 Å². The molecule has 17 heavy (non-hydrogen) atoms. The molecule has 0 atom stereocenters. The van der Waals surface area contributed by atoms with Gasteiger partial charge in [0.15, 0.2) is 0 Å². The predicted molar refractivity (Wildman–Crippen MR) is 72.3 cm³/mol. The van der Waals surface area contributed by atoms with Crippen molar-refractivity contribution in [1.82, 2.24) is 4.90 Å². The molecule has 94 valence electrons. The number of benzene rings is 1. The fourth-order valence-corrected chi connectivity index (χ4v) is 1.73. The number of nitrogens with two attached hydrogens (primary N) is 1. The summed E-state index contributed by atoms with van der Waals surface area (Å²) < 4.78 is 0. The molecule has 0 aromatic heterocycles. The van der Waals surface area contributed by atoms with Crippen LogP contribution in [0.3, 0.4) is 0 Å². The highest BCUT2D eigenvalue weighted by atomic mass is 35.5. The largest absolute Gasteiger partial charge is 0.398 e. The van der Waals surface area contributed by atoms with Crippen LogP contribution in [0.25, 0.3) is 0 Å². The zero-order valence-corrected chi connectivity index (χ0v) is 11.1. The molecule has 1 amide bonds. The van der Waals surface area contributed by atoms with Gasteiger partial charge in [-0.3, -0.25) is 4.79 Å². The minimum atomic E-state index is 0.0179. The normalized spacial score (nSPS) is 10.3. The Kier molecular flexibility index (Phi) is 5.29. The second kappa shape index (κ2) is 6.50. The van der Waals surface area contributed by atoms with Crippen LogP contribution in [0.15, 0.2) is 18.2 Å². The van der Waals surface area contributed by atoms with Crippen molar-refractivity contribution in [2.75, 3.05) is 18.8 Å². The van der Waals surface area contributed by atoms with Crippen LogP contribution in [0.1, 0.15) is 37.0 Å². The molecule has 3 nitrogen and oxygen atoms in total. The van der Waals surface area contributed by atoms with Gasteiger partial charge < -0.3 is 10.6 Å². The predicted octanol–water partition coefficient (Wildman–Crippen LogP) is 3.18. The van der Waals surface area contributed by atoms with E-state index in [1.165, 1.54) is 0 Å². The Morgan fingerprint density at radius 3 is 2.65 bits per heavy atom. The third kappa shape index (κ3) is 3.63. The number of amides is 1. The van der Waals surface area contributed by atoms with Crippen LogP contribution in [-0.2, 0) is 0 Å². The van der Waals surface area contributed by atoms with Crippen molar-refractivity contribution < 1.29 is 4.79 Å². The Labute approximate surface area is 108 Å². The summed E-state index contributed by atoms with van der Waals surface area (Å²) in [5.74, 6) is 0.0179. The number of nitrogen functional groups attached to an aromatic ring is 1. The maximum absolute atomic E-state index is 12.2. The molecule has 0 fully saturated rings. The van der Waals surface area contributed by atoms with E-state index in [9.17, 15) is 4.79 Å². The first-order valence-electron chi connectivity index (χ1n) is 5.94. The number of anilines is 1. The summed E-state index contributed by atoms with van der Waals surface area (Å²) in [6.45, 7) is 5.58. The van der Waals surface area contributed by atoms with E-state index in [-0.39, 0.29) is 5.91 Å². The van der Waals surface area contributed by atoms with Crippen molar-refractivity contribution in [1.29, 1.82) is 0 Å². The Hall–Kier alpha value is -1.22. The molecule has 0 aliphatic rings. The van der Waals surface area contributed by atoms with E-state index in [2.05, 4.69) is 6.92 Å². The van der Waals surface area contributed by atoms with Gasteiger partial charge in [0.05, 0.1) is 10.7 Å². The van der Waals surface area contributed by atoms with Gasteiger partial charge in [0.2, 0.25) is 0 Å². The van der Waals surface area contributed by atoms with Crippen LogP contribution in [0, 0.1) is 0 Å².